The maximum Gasteiger partial charge on any atom is 0.330 e. The zero-order valence-electron chi connectivity index (χ0n) is 22.3. The third-order valence-corrected chi connectivity index (χ3v) is 8.22. The van der Waals surface area contributed by atoms with E-state index in [4.69, 9.17) is 29.6 Å². The minimum absolute atomic E-state index is 0.0950. The minimum Gasteiger partial charge on any atom is -0.371 e. The molecule has 0 bridgehead atoms. The normalized spacial score (nSPS) is 31.0. The number of ether oxygens (including phenoxy) is 2. The SMILES string of the molecule is CC1=CC(C2CC(N=[N+]=[N-])C(COP(C)(=O)OCC3OC(n4cc(C)c(=O)[nH]c4=O)CC3N=[N+]=[N-])O2)C(=O)NC1=O. The highest BCUT2D eigenvalue weighted by molar-refractivity contribution is 7.52. The fourth-order valence-corrected chi connectivity index (χ4v) is 5.71. The average Bonchev–Trinajstić information content (AvgIpc) is 3.50. The second-order valence-electron chi connectivity index (χ2n) is 9.89. The molecular weight excluding hydrogens is 565 g/mol. The number of aromatic amines is 1. The van der Waals surface area contributed by atoms with Crippen LogP contribution in [-0.2, 0) is 32.7 Å². The number of hydrogen-bond acceptors (Lipinski definition) is 11. The van der Waals surface area contributed by atoms with Gasteiger partial charge in [-0.2, -0.15) is 0 Å². The molecule has 0 radical (unpaired) electrons. The van der Waals surface area contributed by atoms with E-state index in [0.29, 0.717) is 5.57 Å². The molecule has 1 aromatic rings. The van der Waals surface area contributed by atoms with Crippen LogP contribution in [0.2, 0.25) is 0 Å². The summed E-state index contributed by atoms with van der Waals surface area (Å²) in [6, 6.07) is -1.51. The molecule has 0 spiro atoms. The largest absolute Gasteiger partial charge is 0.371 e. The molecule has 4 heterocycles. The number of nitrogens with one attached hydrogen (secondary N) is 2. The molecule has 0 aromatic carbocycles. The van der Waals surface area contributed by atoms with Crippen molar-refractivity contribution < 1.29 is 32.7 Å². The Morgan fingerprint density at radius 3 is 2.29 bits per heavy atom. The van der Waals surface area contributed by atoms with Crippen LogP contribution in [0.1, 0.15) is 31.6 Å². The van der Waals surface area contributed by atoms with Crippen LogP contribution in [-0.4, -0.2) is 71.6 Å². The van der Waals surface area contributed by atoms with E-state index in [2.05, 4.69) is 30.4 Å². The molecule has 41 heavy (non-hydrogen) atoms. The number of carbonyl (C=O) groups is 2. The first-order valence-electron chi connectivity index (χ1n) is 12.5. The van der Waals surface area contributed by atoms with Crippen molar-refractivity contribution in [1.29, 1.82) is 0 Å². The lowest BCUT2D eigenvalue weighted by Crippen LogP contribution is -2.44. The van der Waals surface area contributed by atoms with Gasteiger partial charge >= 0.3 is 13.3 Å². The highest BCUT2D eigenvalue weighted by Gasteiger charge is 2.43. The fraction of sp³-hybridized carbons (Fsp3) is 0.636. The topological polar surface area (TPSA) is 253 Å². The average molecular weight is 593 g/mol. The Labute approximate surface area is 231 Å². The van der Waals surface area contributed by atoms with Gasteiger partial charge < -0.3 is 18.5 Å². The molecule has 2 amide bonds. The molecule has 2 saturated heterocycles. The lowest BCUT2D eigenvalue weighted by atomic mass is 9.92. The van der Waals surface area contributed by atoms with Crippen molar-refractivity contribution in [1.82, 2.24) is 14.9 Å². The Morgan fingerprint density at radius 2 is 1.66 bits per heavy atom. The number of carbonyl (C=O) groups excluding carboxylic acids is 2. The molecule has 8 atom stereocenters. The van der Waals surface area contributed by atoms with Crippen molar-refractivity contribution in [3.8, 4) is 0 Å². The number of nitrogens with zero attached hydrogens (tertiary/aromatic N) is 7. The van der Waals surface area contributed by atoms with Gasteiger partial charge in [0, 0.05) is 40.2 Å². The number of azide groups is 2. The first-order chi connectivity index (χ1) is 19.4. The maximum atomic E-state index is 13.1. The van der Waals surface area contributed by atoms with E-state index in [1.54, 1.807) is 6.92 Å². The number of aryl methyl sites for hydroxylation is 1. The Hall–Kier alpha value is -3.75. The molecule has 18 nitrogen and oxygen atoms in total. The van der Waals surface area contributed by atoms with Gasteiger partial charge in [-0.25, -0.2) is 4.79 Å². The van der Waals surface area contributed by atoms with Crippen LogP contribution in [0, 0.1) is 12.8 Å². The van der Waals surface area contributed by atoms with Gasteiger partial charge in [-0.05, 0) is 31.3 Å². The summed E-state index contributed by atoms with van der Waals surface area (Å²) in [4.78, 5) is 55.8. The summed E-state index contributed by atoms with van der Waals surface area (Å²) >= 11 is 0. The van der Waals surface area contributed by atoms with E-state index >= 15 is 0 Å². The summed E-state index contributed by atoms with van der Waals surface area (Å²) in [6.45, 7) is 3.66. The second-order valence-corrected chi connectivity index (χ2v) is 12.0. The zero-order valence-corrected chi connectivity index (χ0v) is 23.2. The second kappa shape index (κ2) is 12.4. The number of amides is 2. The monoisotopic (exact) mass is 593 g/mol. The van der Waals surface area contributed by atoms with Crippen LogP contribution >= 0.6 is 7.60 Å². The van der Waals surface area contributed by atoms with Gasteiger partial charge in [-0.1, -0.05) is 16.3 Å². The molecule has 8 unspecified atom stereocenters. The predicted molar refractivity (Wildman–Crippen MR) is 140 cm³/mol. The van der Waals surface area contributed by atoms with Crippen LogP contribution in [0.3, 0.4) is 0 Å². The van der Waals surface area contributed by atoms with Crippen LogP contribution in [0.25, 0.3) is 20.9 Å². The van der Waals surface area contributed by atoms with Gasteiger partial charge in [-0.15, -0.1) is 0 Å². The zero-order chi connectivity index (χ0) is 29.9. The number of rotatable bonds is 10. The highest BCUT2D eigenvalue weighted by atomic mass is 31.2. The van der Waals surface area contributed by atoms with Crippen LogP contribution < -0.4 is 16.6 Å². The van der Waals surface area contributed by atoms with E-state index in [1.807, 2.05) is 0 Å². The molecular formula is C22H28N9O9P. The molecule has 0 saturated carbocycles. The molecule has 2 N–H and O–H groups in total. The molecule has 2 fully saturated rings. The first-order valence-corrected chi connectivity index (χ1v) is 14.5. The standard InChI is InChI=1S/C22H28N9O9P/c1-10-4-12(21(34)25-19(10)32)15-5-13(27-29-23)16(39-15)8-37-41(3,36)38-9-17-14(28-30-24)6-18(40-17)31-7-11(2)20(33)26-22(31)35/h4,7,12-18H,5-6,8-9H2,1-3H3,(H,25,32,34)(H,26,33,35). The van der Waals surface area contributed by atoms with Gasteiger partial charge in [-0.3, -0.25) is 33.8 Å². The molecule has 19 heteroatoms. The third kappa shape index (κ3) is 6.94. The summed E-state index contributed by atoms with van der Waals surface area (Å²) in [7, 11) is -3.77. The van der Waals surface area contributed by atoms with E-state index in [-0.39, 0.29) is 31.6 Å². The lowest BCUT2D eigenvalue weighted by molar-refractivity contribution is -0.134. The van der Waals surface area contributed by atoms with E-state index < -0.39 is 73.2 Å². The summed E-state index contributed by atoms with van der Waals surface area (Å²) in [5.41, 5.74) is 17.3. The van der Waals surface area contributed by atoms with Crippen LogP contribution in [0.15, 0.2) is 37.7 Å². The van der Waals surface area contributed by atoms with Crippen LogP contribution in [0.5, 0.6) is 0 Å². The number of H-pyrrole nitrogens is 1. The maximum absolute atomic E-state index is 13.1. The molecule has 0 aliphatic carbocycles. The van der Waals surface area contributed by atoms with Crippen molar-refractivity contribution in [2.24, 2.45) is 16.1 Å². The van der Waals surface area contributed by atoms with Gasteiger partial charge in [0.15, 0.2) is 0 Å². The van der Waals surface area contributed by atoms with Gasteiger partial charge in [0.05, 0.1) is 49.5 Å². The molecule has 1 aromatic heterocycles. The fourth-order valence-electron chi connectivity index (χ4n) is 4.80. The van der Waals surface area contributed by atoms with Crippen molar-refractivity contribution in [3.05, 3.63) is 65.1 Å². The number of aromatic nitrogens is 2. The highest BCUT2D eigenvalue weighted by Crippen LogP contribution is 2.46. The molecule has 3 aliphatic rings. The van der Waals surface area contributed by atoms with E-state index in [0.717, 1.165) is 0 Å². The third-order valence-electron chi connectivity index (χ3n) is 6.99. The lowest BCUT2D eigenvalue weighted by Gasteiger charge is -2.24. The summed E-state index contributed by atoms with van der Waals surface area (Å²) < 4.78 is 37.0. The van der Waals surface area contributed by atoms with Gasteiger partial charge in [0.1, 0.15) is 6.23 Å². The Bertz CT molecular complexity index is 1510. The smallest absolute Gasteiger partial charge is 0.330 e. The minimum atomic E-state index is -3.77. The van der Waals surface area contributed by atoms with Crippen molar-refractivity contribution >= 4 is 19.4 Å². The van der Waals surface area contributed by atoms with E-state index in [1.165, 1.54) is 30.4 Å². The van der Waals surface area contributed by atoms with Gasteiger partial charge in [0.2, 0.25) is 5.91 Å². The summed E-state index contributed by atoms with van der Waals surface area (Å²) in [6.07, 6.45) is -0.256. The predicted octanol–water partition coefficient (Wildman–Crippen LogP) is 1.72. The Balaban J connectivity index is 1.38. The van der Waals surface area contributed by atoms with Gasteiger partial charge in [0.25, 0.3) is 11.5 Å². The quantitative estimate of drug-likeness (QED) is 0.131. The number of imide groups is 1. The molecule has 220 valence electrons. The van der Waals surface area contributed by atoms with E-state index in [9.17, 15) is 23.7 Å². The van der Waals surface area contributed by atoms with Crippen molar-refractivity contribution in [3.63, 3.8) is 0 Å². The molecule has 4 rings (SSSR count). The number of hydrogen-bond donors (Lipinski definition) is 2. The van der Waals surface area contributed by atoms with Crippen molar-refractivity contribution in [2.45, 2.75) is 63.3 Å². The molecule has 3 aliphatic heterocycles. The Morgan fingerprint density at radius 1 is 1.05 bits per heavy atom. The summed E-state index contributed by atoms with van der Waals surface area (Å²) in [5.74, 6) is -1.83. The van der Waals surface area contributed by atoms with Crippen LogP contribution in [0.4, 0.5) is 0 Å². The Kier molecular flexibility index (Phi) is 9.14. The first kappa shape index (κ1) is 30.2. The summed E-state index contributed by atoms with van der Waals surface area (Å²) in [5, 5.41) is 9.66. The van der Waals surface area contributed by atoms with Crippen molar-refractivity contribution in [2.75, 3.05) is 19.9 Å².